The Morgan fingerprint density at radius 2 is 1.15 bits per heavy atom. The van der Waals surface area contributed by atoms with Gasteiger partial charge in [-0.2, -0.15) is 0 Å². The molecule has 0 spiro atoms. The van der Waals surface area contributed by atoms with E-state index in [-0.39, 0.29) is 22.3 Å². The predicted molar refractivity (Wildman–Crippen MR) is 103 cm³/mol. The van der Waals surface area contributed by atoms with E-state index in [9.17, 15) is 10.2 Å². The van der Waals surface area contributed by atoms with Crippen molar-refractivity contribution in [1.82, 2.24) is 0 Å². The van der Waals surface area contributed by atoms with Gasteiger partial charge in [-0.25, -0.2) is 0 Å². The molecule has 4 bridgehead atoms. The Morgan fingerprint density at radius 3 is 1.54 bits per heavy atom. The fraction of sp³-hybridized carbons (Fsp3) is 0.455. The first-order chi connectivity index (χ1) is 12.4. The number of hydrogen-bond donors (Lipinski definition) is 4. The van der Waals surface area contributed by atoms with E-state index in [4.69, 9.17) is 11.5 Å². The number of nitrogen functional groups attached to an aromatic ring is 2. The molecule has 4 fully saturated rings. The second kappa shape index (κ2) is 5.09. The number of phenolic OH excluding ortho intramolecular Hbond substituents is 2. The number of rotatable bonds is 2. The Kier molecular flexibility index (Phi) is 3.10. The van der Waals surface area contributed by atoms with Crippen LogP contribution in [0.4, 0.5) is 11.4 Å². The molecule has 0 saturated heterocycles. The van der Waals surface area contributed by atoms with Crippen molar-refractivity contribution < 1.29 is 10.2 Å². The maximum atomic E-state index is 10.2. The fourth-order valence-electron chi connectivity index (χ4n) is 6.69. The van der Waals surface area contributed by atoms with Crippen LogP contribution in [0.1, 0.15) is 49.7 Å². The molecule has 4 nitrogen and oxygen atoms in total. The lowest BCUT2D eigenvalue weighted by molar-refractivity contribution is -0.0282. The smallest absolute Gasteiger partial charge is 0.138 e. The summed E-state index contributed by atoms with van der Waals surface area (Å²) in [4.78, 5) is 0. The summed E-state index contributed by atoms with van der Waals surface area (Å²) < 4.78 is 0. The summed E-state index contributed by atoms with van der Waals surface area (Å²) >= 11 is 0. The van der Waals surface area contributed by atoms with Crippen molar-refractivity contribution in [2.45, 2.75) is 49.4 Å². The van der Waals surface area contributed by atoms with Gasteiger partial charge in [-0.1, -0.05) is 12.1 Å². The minimum absolute atomic E-state index is 0.103. The molecule has 6 rings (SSSR count). The van der Waals surface area contributed by atoms with Gasteiger partial charge in [0.05, 0.1) is 11.4 Å². The molecule has 0 heterocycles. The molecule has 0 amide bonds. The van der Waals surface area contributed by atoms with E-state index in [0.29, 0.717) is 23.2 Å². The van der Waals surface area contributed by atoms with Crippen LogP contribution in [0.3, 0.4) is 0 Å². The average Bonchev–Trinajstić information content (AvgIpc) is 2.58. The molecule has 4 heteroatoms. The van der Waals surface area contributed by atoms with Crippen LogP contribution >= 0.6 is 0 Å². The lowest BCUT2D eigenvalue weighted by atomic mass is 9.41. The first-order valence-electron chi connectivity index (χ1n) is 9.57. The first kappa shape index (κ1) is 15.9. The quantitative estimate of drug-likeness (QED) is 0.485. The van der Waals surface area contributed by atoms with Gasteiger partial charge in [-0.3, -0.25) is 0 Å². The van der Waals surface area contributed by atoms with Gasteiger partial charge in [0.2, 0.25) is 0 Å². The van der Waals surface area contributed by atoms with Crippen molar-refractivity contribution in [3.05, 3.63) is 47.5 Å². The van der Waals surface area contributed by atoms with Gasteiger partial charge in [0.15, 0.2) is 0 Å². The van der Waals surface area contributed by atoms with Crippen LogP contribution in [-0.2, 0) is 10.8 Å². The van der Waals surface area contributed by atoms with E-state index in [1.807, 2.05) is 24.3 Å². The maximum absolute atomic E-state index is 10.2. The molecular weight excluding hydrogens is 324 g/mol. The minimum atomic E-state index is 0.103. The number of phenols is 2. The molecule has 4 aliphatic rings. The summed E-state index contributed by atoms with van der Waals surface area (Å²) in [6.45, 7) is 0. The zero-order valence-electron chi connectivity index (χ0n) is 14.9. The van der Waals surface area contributed by atoms with E-state index in [1.165, 1.54) is 43.2 Å². The van der Waals surface area contributed by atoms with Crippen molar-refractivity contribution in [3.63, 3.8) is 0 Å². The molecular formula is C22H26N2O2. The third-order valence-electron chi connectivity index (χ3n) is 7.35. The zero-order valence-corrected chi connectivity index (χ0v) is 14.9. The predicted octanol–water partition coefficient (Wildman–Crippen LogP) is 4.05. The normalized spacial score (nSPS) is 34.9. The second-order valence-electron chi connectivity index (χ2n) is 9.07. The largest absolute Gasteiger partial charge is 0.506 e. The number of nitrogens with two attached hydrogens (primary N) is 2. The van der Waals surface area contributed by atoms with E-state index in [0.717, 1.165) is 6.42 Å². The zero-order chi connectivity index (χ0) is 18.1. The summed E-state index contributed by atoms with van der Waals surface area (Å²) in [6, 6.07) is 11.7. The van der Waals surface area contributed by atoms with Crippen LogP contribution in [-0.4, -0.2) is 10.2 Å². The standard InChI is InChI=1S/C22H26N2O2/c23-17-3-1-15(6-19(17)25)21-8-13-5-14(9-21)11-22(10-13,12-21)16-2-4-18(24)20(26)7-16/h1-4,6-7,13-14,25-26H,5,8-12,23-24H2. The van der Waals surface area contributed by atoms with Crippen molar-refractivity contribution >= 4 is 11.4 Å². The van der Waals surface area contributed by atoms with Crippen LogP contribution in [0.15, 0.2) is 36.4 Å². The summed E-state index contributed by atoms with van der Waals surface area (Å²) in [5.74, 6) is 1.79. The molecule has 4 aliphatic carbocycles. The monoisotopic (exact) mass is 350 g/mol. The van der Waals surface area contributed by atoms with E-state index in [1.54, 1.807) is 0 Å². The Labute approximate surface area is 153 Å². The lowest BCUT2D eigenvalue weighted by Crippen LogP contribution is -2.55. The number of aromatic hydroxyl groups is 2. The van der Waals surface area contributed by atoms with E-state index >= 15 is 0 Å². The Balaban J connectivity index is 1.61. The summed E-state index contributed by atoms with van der Waals surface area (Å²) in [5.41, 5.74) is 15.2. The molecule has 6 N–H and O–H groups in total. The SMILES string of the molecule is Nc1ccc(C23CC4CC(C2)CC(c2ccc(N)c(O)c2)(C4)C3)cc1O. The van der Waals surface area contributed by atoms with Gasteiger partial charge in [0.1, 0.15) is 11.5 Å². The molecule has 0 aromatic heterocycles. The summed E-state index contributed by atoms with van der Waals surface area (Å²) in [5, 5.41) is 20.4. The first-order valence-corrected chi connectivity index (χ1v) is 9.57. The highest BCUT2D eigenvalue weighted by molar-refractivity contribution is 5.56. The van der Waals surface area contributed by atoms with Crippen LogP contribution in [0.25, 0.3) is 0 Å². The second-order valence-corrected chi connectivity index (χ2v) is 9.07. The van der Waals surface area contributed by atoms with Gasteiger partial charge >= 0.3 is 0 Å². The Morgan fingerprint density at radius 1 is 0.731 bits per heavy atom. The number of anilines is 2. The van der Waals surface area contributed by atoms with Crippen LogP contribution < -0.4 is 11.5 Å². The molecule has 0 unspecified atom stereocenters. The molecule has 0 aliphatic heterocycles. The third-order valence-corrected chi connectivity index (χ3v) is 7.35. The van der Waals surface area contributed by atoms with Crippen molar-refractivity contribution in [2.75, 3.05) is 11.5 Å². The molecule has 2 aromatic carbocycles. The third kappa shape index (κ3) is 2.14. The molecule has 2 aromatic rings. The minimum Gasteiger partial charge on any atom is -0.506 e. The van der Waals surface area contributed by atoms with Gasteiger partial charge < -0.3 is 21.7 Å². The lowest BCUT2D eigenvalue weighted by Gasteiger charge is -2.62. The van der Waals surface area contributed by atoms with Gasteiger partial charge in [-0.05, 0) is 96.6 Å². The van der Waals surface area contributed by atoms with Crippen LogP contribution in [0.5, 0.6) is 11.5 Å². The fourth-order valence-corrected chi connectivity index (χ4v) is 6.69. The Hall–Kier alpha value is -2.36. The Bertz CT molecular complexity index is 808. The molecule has 136 valence electrons. The number of hydrogen-bond acceptors (Lipinski definition) is 4. The van der Waals surface area contributed by atoms with Gasteiger partial charge in [0.25, 0.3) is 0 Å². The molecule has 26 heavy (non-hydrogen) atoms. The highest BCUT2D eigenvalue weighted by Crippen LogP contribution is 2.66. The molecule has 0 radical (unpaired) electrons. The highest BCUT2D eigenvalue weighted by Gasteiger charge is 2.58. The highest BCUT2D eigenvalue weighted by atomic mass is 16.3. The van der Waals surface area contributed by atoms with E-state index < -0.39 is 0 Å². The maximum Gasteiger partial charge on any atom is 0.138 e. The number of benzene rings is 2. The molecule has 4 saturated carbocycles. The summed E-state index contributed by atoms with van der Waals surface area (Å²) in [7, 11) is 0. The van der Waals surface area contributed by atoms with Gasteiger partial charge in [0, 0.05) is 0 Å². The van der Waals surface area contributed by atoms with Crippen LogP contribution in [0, 0.1) is 11.8 Å². The van der Waals surface area contributed by atoms with Crippen molar-refractivity contribution in [2.24, 2.45) is 11.8 Å². The van der Waals surface area contributed by atoms with Gasteiger partial charge in [-0.15, -0.1) is 0 Å². The summed E-state index contributed by atoms with van der Waals surface area (Å²) in [6.07, 6.45) is 7.14. The van der Waals surface area contributed by atoms with Crippen molar-refractivity contribution in [3.8, 4) is 11.5 Å². The molecule has 0 atom stereocenters. The topological polar surface area (TPSA) is 92.5 Å². The van der Waals surface area contributed by atoms with Crippen LogP contribution in [0.2, 0.25) is 0 Å². The van der Waals surface area contributed by atoms with Crippen molar-refractivity contribution in [1.29, 1.82) is 0 Å². The average molecular weight is 350 g/mol. The van der Waals surface area contributed by atoms with E-state index in [2.05, 4.69) is 12.1 Å².